The maximum Gasteiger partial charge on any atom is 0.222 e. The number of carbonyl (C=O) groups is 1. The Morgan fingerprint density at radius 2 is 1.86 bits per heavy atom. The molecule has 1 fully saturated rings. The van der Waals surface area contributed by atoms with Crippen LogP contribution < -0.4 is 0 Å². The molecule has 0 saturated carbocycles. The first kappa shape index (κ1) is 16.0. The van der Waals surface area contributed by atoms with E-state index in [1.165, 1.54) is 11.1 Å². The van der Waals surface area contributed by atoms with E-state index >= 15 is 0 Å². The third-order valence-electron chi connectivity index (χ3n) is 4.69. The van der Waals surface area contributed by atoms with Gasteiger partial charge in [-0.1, -0.05) is 36.8 Å². The van der Waals surface area contributed by atoms with Gasteiger partial charge in [0.15, 0.2) is 0 Å². The summed E-state index contributed by atoms with van der Waals surface area (Å²) >= 11 is 0. The molecule has 1 saturated heterocycles. The van der Waals surface area contributed by atoms with Crippen molar-refractivity contribution in [2.24, 2.45) is 0 Å². The van der Waals surface area contributed by atoms with Crippen LogP contribution in [0.4, 0.5) is 0 Å². The molecule has 0 radical (unpaired) electrons. The first-order valence-electron chi connectivity index (χ1n) is 8.13. The molecule has 0 atom stereocenters. The summed E-state index contributed by atoms with van der Waals surface area (Å²) in [6.07, 6.45) is 3.69. The minimum absolute atomic E-state index is 0.283. The first-order chi connectivity index (χ1) is 10.1. The average molecular weight is 288 g/mol. The number of carbonyl (C=O) groups excluding carboxylic acids is 1. The lowest BCUT2D eigenvalue weighted by Crippen LogP contribution is -2.45. The number of likely N-dealkylation sites (tertiary alicyclic amines) is 1. The SMILES string of the molecule is CCN1CCC(N(C)C(=O)CCc2ccc(C)cc2)CC1. The standard InChI is InChI=1S/C18H28N2O/c1-4-20-13-11-17(12-14-20)19(3)18(21)10-9-16-7-5-15(2)6-8-16/h5-8,17H,4,9-14H2,1-3H3. The van der Waals surface area contributed by atoms with Crippen LogP contribution in [0.2, 0.25) is 0 Å². The highest BCUT2D eigenvalue weighted by molar-refractivity contribution is 5.76. The van der Waals surface area contributed by atoms with Crippen LogP contribution in [0.15, 0.2) is 24.3 Å². The predicted molar refractivity (Wildman–Crippen MR) is 87.4 cm³/mol. The summed E-state index contributed by atoms with van der Waals surface area (Å²) in [7, 11) is 1.98. The molecule has 0 aromatic heterocycles. The molecular weight excluding hydrogens is 260 g/mol. The Kier molecular flexibility index (Phi) is 5.80. The van der Waals surface area contributed by atoms with Crippen molar-refractivity contribution in [2.45, 2.75) is 45.6 Å². The van der Waals surface area contributed by atoms with Gasteiger partial charge >= 0.3 is 0 Å². The zero-order valence-corrected chi connectivity index (χ0v) is 13.6. The summed E-state index contributed by atoms with van der Waals surface area (Å²) in [5.74, 6) is 0.283. The fourth-order valence-electron chi connectivity index (χ4n) is 3.01. The minimum atomic E-state index is 0.283. The molecule has 0 unspecified atom stereocenters. The molecule has 21 heavy (non-hydrogen) atoms. The van der Waals surface area contributed by atoms with Crippen LogP contribution in [-0.4, -0.2) is 48.4 Å². The van der Waals surface area contributed by atoms with Gasteiger partial charge in [0.1, 0.15) is 0 Å². The van der Waals surface area contributed by atoms with Crippen LogP contribution in [0.3, 0.4) is 0 Å². The van der Waals surface area contributed by atoms with Crippen molar-refractivity contribution >= 4 is 5.91 Å². The Hall–Kier alpha value is -1.35. The molecule has 0 spiro atoms. The molecule has 1 amide bonds. The molecule has 3 heteroatoms. The Balaban J connectivity index is 1.78. The van der Waals surface area contributed by atoms with Crippen molar-refractivity contribution in [3.8, 4) is 0 Å². The molecule has 1 heterocycles. The first-order valence-corrected chi connectivity index (χ1v) is 8.13. The molecule has 0 aliphatic carbocycles. The van der Waals surface area contributed by atoms with E-state index in [4.69, 9.17) is 0 Å². The van der Waals surface area contributed by atoms with Crippen LogP contribution in [0.25, 0.3) is 0 Å². The maximum absolute atomic E-state index is 12.3. The zero-order valence-electron chi connectivity index (χ0n) is 13.6. The van der Waals surface area contributed by atoms with E-state index in [0.717, 1.165) is 38.9 Å². The van der Waals surface area contributed by atoms with Gasteiger partial charge in [0.2, 0.25) is 5.91 Å². The van der Waals surface area contributed by atoms with E-state index < -0.39 is 0 Å². The second-order valence-electron chi connectivity index (χ2n) is 6.16. The summed E-state index contributed by atoms with van der Waals surface area (Å²) < 4.78 is 0. The molecule has 2 rings (SSSR count). The van der Waals surface area contributed by atoms with Crippen LogP contribution in [-0.2, 0) is 11.2 Å². The Bertz CT molecular complexity index is 447. The zero-order chi connectivity index (χ0) is 15.2. The minimum Gasteiger partial charge on any atom is -0.343 e. The van der Waals surface area contributed by atoms with Crippen LogP contribution in [0.1, 0.15) is 37.3 Å². The third kappa shape index (κ3) is 4.57. The summed E-state index contributed by atoms with van der Waals surface area (Å²) in [6.45, 7) is 7.66. The van der Waals surface area contributed by atoms with E-state index in [0.29, 0.717) is 12.5 Å². The molecule has 1 aliphatic heterocycles. The molecular formula is C18H28N2O. The molecule has 3 nitrogen and oxygen atoms in total. The second kappa shape index (κ2) is 7.60. The lowest BCUT2D eigenvalue weighted by Gasteiger charge is -2.36. The van der Waals surface area contributed by atoms with Gasteiger partial charge in [-0.25, -0.2) is 0 Å². The van der Waals surface area contributed by atoms with E-state index in [-0.39, 0.29) is 5.91 Å². The van der Waals surface area contributed by atoms with Crippen LogP contribution in [0, 0.1) is 6.92 Å². The monoisotopic (exact) mass is 288 g/mol. The number of amides is 1. The lowest BCUT2D eigenvalue weighted by molar-refractivity contribution is -0.132. The fourth-order valence-corrected chi connectivity index (χ4v) is 3.01. The number of piperidine rings is 1. The highest BCUT2D eigenvalue weighted by Crippen LogP contribution is 2.16. The van der Waals surface area contributed by atoms with E-state index in [2.05, 4.69) is 43.0 Å². The fraction of sp³-hybridized carbons (Fsp3) is 0.611. The molecule has 0 bridgehead atoms. The van der Waals surface area contributed by atoms with Crippen molar-refractivity contribution in [2.75, 3.05) is 26.7 Å². The summed E-state index contributed by atoms with van der Waals surface area (Å²) in [6, 6.07) is 8.91. The lowest BCUT2D eigenvalue weighted by atomic mass is 10.0. The summed E-state index contributed by atoms with van der Waals surface area (Å²) in [4.78, 5) is 16.8. The van der Waals surface area contributed by atoms with Gasteiger partial charge < -0.3 is 9.80 Å². The van der Waals surface area contributed by atoms with Gasteiger partial charge in [-0.3, -0.25) is 4.79 Å². The van der Waals surface area contributed by atoms with E-state index in [9.17, 15) is 4.79 Å². The van der Waals surface area contributed by atoms with Crippen molar-refractivity contribution < 1.29 is 4.79 Å². The van der Waals surface area contributed by atoms with Gasteiger partial charge in [-0.2, -0.15) is 0 Å². The Morgan fingerprint density at radius 1 is 1.24 bits per heavy atom. The Labute approximate surface area is 128 Å². The van der Waals surface area contributed by atoms with Crippen molar-refractivity contribution in [3.63, 3.8) is 0 Å². The number of nitrogens with zero attached hydrogens (tertiary/aromatic N) is 2. The van der Waals surface area contributed by atoms with Crippen molar-refractivity contribution in [3.05, 3.63) is 35.4 Å². The molecule has 116 valence electrons. The largest absolute Gasteiger partial charge is 0.343 e. The topological polar surface area (TPSA) is 23.6 Å². The molecule has 0 N–H and O–H groups in total. The van der Waals surface area contributed by atoms with Gasteiger partial charge in [0.05, 0.1) is 0 Å². The van der Waals surface area contributed by atoms with E-state index in [1.54, 1.807) is 0 Å². The summed E-state index contributed by atoms with van der Waals surface area (Å²) in [5.41, 5.74) is 2.52. The quantitative estimate of drug-likeness (QED) is 0.832. The Morgan fingerprint density at radius 3 is 2.43 bits per heavy atom. The van der Waals surface area contributed by atoms with Gasteiger partial charge in [0.25, 0.3) is 0 Å². The molecule has 1 aromatic carbocycles. The highest BCUT2D eigenvalue weighted by Gasteiger charge is 2.24. The van der Waals surface area contributed by atoms with Crippen LogP contribution >= 0.6 is 0 Å². The second-order valence-corrected chi connectivity index (χ2v) is 6.16. The number of rotatable bonds is 5. The van der Waals surface area contributed by atoms with Crippen molar-refractivity contribution in [1.29, 1.82) is 0 Å². The average Bonchev–Trinajstić information content (AvgIpc) is 2.53. The van der Waals surface area contributed by atoms with Gasteiger partial charge in [0, 0.05) is 32.6 Å². The third-order valence-corrected chi connectivity index (χ3v) is 4.69. The normalized spacial score (nSPS) is 16.9. The van der Waals surface area contributed by atoms with Gasteiger partial charge in [-0.15, -0.1) is 0 Å². The molecule has 1 aliphatic rings. The number of hydrogen-bond donors (Lipinski definition) is 0. The van der Waals surface area contributed by atoms with Crippen LogP contribution in [0.5, 0.6) is 0 Å². The van der Waals surface area contributed by atoms with Crippen molar-refractivity contribution in [1.82, 2.24) is 9.80 Å². The maximum atomic E-state index is 12.3. The summed E-state index contributed by atoms with van der Waals surface area (Å²) in [5, 5.41) is 0. The predicted octanol–water partition coefficient (Wildman–Crippen LogP) is 2.87. The number of benzene rings is 1. The highest BCUT2D eigenvalue weighted by atomic mass is 16.2. The number of hydrogen-bond acceptors (Lipinski definition) is 2. The van der Waals surface area contributed by atoms with E-state index in [1.807, 2.05) is 11.9 Å². The number of aryl methyl sites for hydroxylation is 2. The molecule has 1 aromatic rings. The smallest absolute Gasteiger partial charge is 0.222 e. The van der Waals surface area contributed by atoms with Gasteiger partial charge in [-0.05, 0) is 38.3 Å².